The Bertz CT molecular complexity index is 973. The number of hydrogen-bond donors (Lipinski definition) is 2. The van der Waals surface area contributed by atoms with E-state index < -0.39 is 28.1 Å². The van der Waals surface area contributed by atoms with Gasteiger partial charge in [-0.1, -0.05) is 6.08 Å². The first-order valence-electron chi connectivity index (χ1n) is 8.35. The number of esters is 1. The second kappa shape index (κ2) is 8.38. The number of rotatable bonds is 7. The van der Waals surface area contributed by atoms with Crippen LogP contribution in [-0.4, -0.2) is 40.5 Å². The minimum absolute atomic E-state index is 0.0854. The number of aromatic hydroxyl groups is 1. The summed E-state index contributed by atoms with van der Waals surface area (Å²) in [5.74, 6) is -1.62. The Labute approximate surface area is 160 Å². The van der Waals surface area contributed by atoms with Gasteiger partial charge in [0.2, 0.25) is 11.5 Å². The first-order valence-corrected chi connectivity index (χ1v) is 8.35. The average molecular weight is 388 g/mol. The summed E-state index contributed by atoms with van der Waals surface area (Å²) in [5, 5.41) is 20.9. The van der Waals surface area contributed by atoms with Gasteiger partial charge in [0.15, 0.2) is 5.75 Å². The fourth-order valence-corrected chi connectivity index (χ4v) is 2.77. The number of ether oxygens (including phenoxy) is 2. The Morgan fingerprint density at radius 2 is 2.00 bits per heavy atom. The molecule has 0 aliphatic rings. The molecule has 1 aromatic heterocycles. The molecule has 2 rings (SSSR count). The van der Waals surface area contributed by atoms with Gasteiger partial charge in [-0.05, 0) is 44.0 Å². The van der Waals surface area contributed by atoms with Crippen LogP contribution in [0.5, 0.6) is 11.5 Å². The Kier molecular flexibility index (Phi) is 6.19. The Balaban J connectivity index is 2.37. The van der Waals surface area contributed by atoms with E-state index in [0.717, 1.165) is 6.07 Å². The number of nitro benzene ring substituents is 1. The van der Waals surface area contributed by atoms with Crippen molar-refractivity contribution in [2.75, 3.05) is 13.7 Å². The number of nitro groups is 1. The highest BCUT2D eigenvalue weighted by molar-refractivity contribution is 6.09. The van der Waals surface area contributed by atoms with Crippen LogP contribution in [0.15, 0.2) is 18.2 Å². The molecule has 0 saturated heterocycles. The van der Waals surface area contributed by atoms with Crippen molar-refractivity contribution in [1.82, 2.24) is 4.98 Å². The maximum atomic E-state index is 12.5. The standard InChI is InChI=1S/C19H20N2O7/c1-5-28-19(24)16-10(2)17(20-11(16)3)14(22)7-6-12-8-13(21(25)26)18(23)15(9-12)27-4/h6-9,20,23H,5H2,1-4H3/b7-6+. The lowest BCUT2D eigenvalue weighted by molar-refractivity contribution is -0.386. The van der Waals surface area contributed by atoms with Crippen LogP contribution in [0, 0.1) is 24.0 Å². The molecule has 0 fully saturated rings. The minimum atomic E-state index is -0.749. The molecule has 0 aliphatic carbocycles. The van der Waals surface area contributed by atoms with Gasteiger partial charge < -0.3 is 19.6 Å². The number of carbonyl (C=O) groups excluding carboxylic acids is 2. The Hall–Kier alpha value is -3.62. The van der Waals surface area contributed by atoms with Gasteiger partial charge in [-0.25, -0.2) is 4.79 Å². The number of aromatic amines is 1. The molecule has 1 heterocycles. The molecule has 2 aromatic rings. The predicted molar refractivity (Wildman–Crippen MR) is 101 cm³/mol. The number of H-pyrrole nitrogens is 1. The number of nitrogens with zero attached hydrogens (tertiary/aromatic N) is 1. The molecule has 2 N–H and O–H groups in total. The molecule has 9 heteroatoms. The van der Waals surface area contributed by atoms with Gasteiger partial charge in [0.25, 0.3) is 0 Å². The molecule has 0 unspecified atom stereocenters. The largest absolute Gasteiger partial charge is 0.500 e. The van der Waals surface area contributed by atoms with E-state index in [1.54, 1.807) is 20.8 Å². The number of nitrogens with one attached hydrogen (secondary N) is 1. The van der Waals surface area contributed by atoms with Crippen molar-refractivity contribution in [3.05, 3.63) is 56.4 Å². The third kappa shape index (κ3) is 4.03. The number of phenols is 1. The highest BCUT2D eigenvalue weighted by Gasteiger charge is 2.22. The molecule has 0 saturated carbocycles. The molecule has 28 heavy (non-hydrogen) atoms. The zero-order valence-electron chi connectivity index (χ0n) is 15.9. The third-order valence-corrected chi connectivity index (χ3v) is 4.08. The highest BCUT2D eigenvalue weighted by Crippen LogP contribution is 2.37. The molecule has 9 nitrogen and oxygen atoms in total. The molecule has 0 atom stereocenters. The van der Waals surface area contributed by atoms with E-state index in [-0.39, 0.29) is 18.1 Å². The molecule has 0 spiro atoms. The van der Waals surface area contributed by atoms with Crippen LogP contribution in [-0.2, 0) is 4.74 Å². The second-order valence-electron chi connectivity index (χ2n) is 5.89. The summed E-state index contributed by atoms with van der Waals surface area (Å²) < 4.78 is 9.92. The smallest absolute Gasteiger partial charge is 0.340 e. The van der Waals surface area contributed by atoms with Crippen molar-refractivity contribution in [3.8, 4) is 11.5 Å². The quantitative estimate of drug-likeness (QED) is 0.244. The predicted octanol–water partition coefficient (Wildman–Crippen LogP) is 3.33. The first kappa shape index (κ1) is 20.7. The monoisotopic (exact) mass is 388 g/mol. The molecule has 148 valence electrons. The van der Waals surface area contributed by atoms with Crippen molar-refractivity contribution in [2.45, 2.75) is 20.8 Å². The number of aryl methyl sites for hydroxylation is 1. The lowest BCUT2D eigenvalue weighted by Crippen LogP contribution is -2.07. The number of ketones is 1. The van der Waals surface area contributed by atoms with Gasteiger partial charge in [-0.15, -0.1) is 0 Å². The third-order valence-electron chi connectivity index (χ3n) is 4.08. The number of hydrogen-bond acceptors (Lipinski definition) is 7. The topological polar surface area (TPSA) is 132 Å². The van der Waals surface area contributed by atoms with E-state index in [4.69, 9.17) is 9.47 Å². The summed E-state index contributed by atoms with van der Waals surface area (Å²) in [4.78, 5) is 37.8. The minimum Gasteiger partial charge on any atom is -0.500 e. The maximum Gasteiger partial charge on any atom is 0.340 e. The van der Waals surface area contributed by atoms with E-state index in [9.17, 15) is 24.8 Å². The summed E-state index contributed by atoms with van der Waals surface area (Å²) in [6.07, 6.45) is 2.57. The van der Waals surface area contributed by atoms with Gasteiger partial charge in [-0.3, -0.25) is 14.9 Å². The molecular formula is C19H20N2O7. The van der Waals surface area contributed by atoms with E-state index in [0.29, 0.717) is 22.4 Å². The fraction of sp³-hybridized carbons (Fsp3) is 0.263. The molecule has 1 aromatic carbocycles. The first-order chi connectivity index (χ1) is 13.2. The summed E-state index contributed by atoms with van der Waals surface area (Å²) >= 11 is 0. The van der Waals surface area contributed by atoms with Crippen LogP contribution < -0.4 is 4.74 Å². The van der Waals surface area contributed by atoms with Gasteiger partial charge in [-0.2, -0.15) is 0 Å². The summed E-state index contributed by atoms with van der Waals surface area (Å²) in [6.45, 7) is 5.20. The van der Waals surface area contributed by atoms with Crippen molar-refractivity contribution >= 4 is 23.5 Å². The second-order valence-corrected chi connectivity index (χ2v) is 5.89. The number of benzene rings is 1. The van der Waals surface area contributed by atoms with Crippen LogP contribution in [0.2, 0.25) is 0 Å². The van der Waals surface area contributed by atoms with Crippen LogP contribution >= 0.6 is 0 Å². The highest BCUT2D eigenvalue weighted by atomic mass is 16.6. The van der Waals surface area contributed by atoms with E-state index >= 15 is 0 Å². The number of methoxy groups -OCH3 is 1. The fourth-order valence-electron chi connectivity index (χ4n) is 2.77. The van der Waals surface area contributed by atoms with Gasteiger partial charge in [0.1, 0.15) is 0 Å². The maximum absolute atomic E-state index is 12.5. The summed E-state index contributed by atoms with van der Waals surface area (Å²) in [5.41, 5.74) is 1.25. The normalized spacial score (nSPS) is 10.9. The van der Waals surface area contributed by atoms with Crippen molar-refractivity contribution in [2.24, 2.45) is 0 Å². The van der Waals surface area contributed by atoms with Crippen LogP contribution in [0.1, 0.15) is 44.6 Å². The zero-order chi connectivity index (χ0) is 21.0. The lowest BCUT2D eigenvalue weighted by atomic mass is 10.1. The lowest BCUT2D eigenvalue weighted by Gasteiger charge is -2.05. The SMILES string of the molecule is CCOC(=O)c1c(C)[nH]c(C(=O)/C=C/c2cc(OC)c(O)c([N+](=O)[O-])c2)c1C. The van der Waals surface area contributed by atoms with E-state index in [1.165, 1.54) is 25.3 Å². The number of aromatic nitrogens is 1. The summed E-state index contributed by atoms with van der Waals surface area (Å²) in [7, 11) is 1.26. The van der Waals surface area contributed by atoms with Crippen LogP contribution in [0.4, 0.5) is 5.69 Å². The van der Waals surface area contributed by atoms with E-state index in [1.807, 2.05) is 0 Å². The molecule has 0 amide bonds. The van der Waals surface area contributed by atoms with Crippen molar-refractivity contribution < 1.29 is 29.1 Å². The van der Waals surface area contributed by atoms with Crippen LogP contribution in [0.25, 0.3) is 6.08 Å². The molecular weight excluding hydrogens is 368 g/mol. The Morgan fingerprint density at radius 1 is 1.32 bits per heavy atom. The molecule has 0 radical (unpaired) electrons. The molecule has 0 aliphatic heterocycles. The number of allylic oxidation sites excluding steroid dienone is 1. The van der Waals surface area contributed by atoms with Crippen molar-refractivity contribution in [3.63, 3.8) is 0 Å². The van der Waals surface area contributed by atoms with Gasteiger partial charge in [0.05, 0.1) is 29.9 Å². The van der Waals surface area contributed by atoms with Crippen molar-refractivity contribution in [1.29, 1.82) is 0 Å². The Morgan fingerprint density at radius 3 is 2.57 bits per heavy atom. The zero-order valence-corrected chi connectivity index (χ0v) is 15.9. The van der Waals surface area contributed by atoms with Gasteiger partial charge >= 0.3 is 11.7 Å². The van der Waals surface area contributed by atoms with Gasteiger partial charge in [0, 0.05) is 11.8 Å². The van der Waals surface area contributed by atoms with Crippen LogP contribution in [0.3, 0.4) is 0 Å². The number of carbonyl (C=O) groups is 2. The van der Waals surface area contributed by atoms with E-state index in [2.05, 4.69) is 4.98 Å². The number of phenolic OH excluding ortho intramolecular Hbond substituents is 1. The molecule has 0 bridgehead atoms. The summed E-state index contributed by atoms with van der Waals surface area (Å²) in [6, 6.07) is 2.49. The average Bonchev–Trinajstić information content (AvgIpc) is 2.94.